The maximum absolute atomic E-state index is 10.2. The van der Waals surface area contributed by atoms with Gasteiger partial charge in [0, 0.05) is 41.4 Å². The van der Waals surface area contributed by atoms with Crippen molar-refractivity contribution in [3.05, 3.63) is 41.6 Å². The SMILES string of the molecule is COCCNc1cc(-c2cc(Cl)ccc2O)c2cc[nH]c2n1. The molecule has 0 atom stereocenters. The molecule has 3 rings (SSSR count). The summed E-state index contributed by atoms with van der Waals surface area (Å²) in [4.78, 5) is 7.61. The van der Waals surface area contributed by atoms with Crippen LogP contribution in [-0.2, 0) is 4.74 Å². The molecule has 0 aliphatic carbocycles. The Hall–Kier alpha value is -2.24. The standard InChI is InChI=1S/C16H16ClN3O2/c1-22-7-6-18-15-9-12(11-4-5-19-16(11)20-15)13-8-10(17)2-3-14(13)21/h2-5,8-9,21H,6-7H2,1H3,(H2,18,19,20). The van der Waals surface area contributed by atoms with E-state index < -0.39 is 0 Å². The van der Waals surface area contributed by atoms with E-state index in [1.54, 1.807) is 25.3 Å². The number of aromatic hydroxyl groups is 1. The Kier molecular flexibility index (Phi) is 4.18. The van der Waals surface area contributed by atoms with Crippen LogP contribution in [0.25, 0.3) is 22.2 Å². The summed E-state index contributed by atoms with van der Waals surface area (Å²) in [5.41, 5.74) is 2.29. The van der Waals surface area contributed by atoms with Gasteiger partial charge < -0.3 is 20.1 Å². The van der Waals surface area contributed by atoms with Crippen molar-refractivity contribution in [3.63, 3.8) is 0 Å². The molecule has 2 heterocycles. The number of nitrogens with one attached hydrogen (secondary N) is 2. The van der Waals surface area contributed by atoms with Crippen molar-refractivity contribution < 1.29 is 9.84 Å². The number of benzene rings is 1. The molecule has 0 fully saturated rings. The van der Waals surface area contributed by atoms with Gasteiger partial charge in [-0.2, -0.15) is 0 Å². The van der Waals surface area contributed by atoms with E-state index in [4.69, 9.17) is 16.3 Å². The van der Waals surface area contributed by atoms with E-state index in [0.29, 0.717) is 29.6 Å². The highest BCUT2D eigenvalue weighted by molar-refractivity contribution is 6.31. The van der Waals surface area contributed by atoms with Crippen LogP contribution in [0.5, 0.6) is 5.75 Å². The zero-order chi connectivity index (χ0) is 15.5. The number of methoxy groups -OCH3 is 1. The first kappa shape index (κ1) is 14.7. The number of phenolic OH excluding ortho intramolecular Hbond substituents is 1. The molecule has 5 nitrogen and oxygen atoms in total. The van der Waals surface area contributed by atoms with Crippen molar-refractivity contribution in [2.45, 2.75) is 0 Å². The number of halogens is 1. The lowest BCUT2D eigenvalue weighted by Crippen LogP contribution is -2.08. The highest BCUT2D eigenvalue weighted by atomic mass is 35.5. The second-order valence-electron chi connectivity index (χ2n) is 4.88. The predicted molar refractivity (Wildman–Crippen MR) is 88.6 cm³/mol. The quantitative estimate of drug-likeness (QED) is 0.628. The highest BCUT2D eigenvalue weighted by Gasteiger charge is 2.12. The molecule has 0 unspecified atom stereocenters. The Morgan fingerprint density at radius 3 is 2.95 bits per heavy atom. The molecular formula is C16H16ClN3O2. The third-order valence-electron chi connectivity index (χ3n) is 3.39. The summed E-state index contributed by atoms with van der Waals surface area (Å²) >= 11 is 6.07. The molecular weight excluding hydrogens is 302 g/mol. The number of rotatable bonds is 5. The van der Waals surface area contributed by atoms with Crippen LogP contribution in [-0.4, -0.2) is 35.3 Å². The first-order chi connectivity index (χ1) is 10.7. The van der Waals surface area contributed by atoms with Crippen LogP contribution in [0.3, 0.4) is 0 Å². The highest BCUT2D eigenvalue weighted by Crippen LogP contribution is 2.36. The number of phenols is 1. The van der Waals surface area contributed by atoms with E-state index in [2.05, 4.69) is 15.3 Å². The number of H-pyrrole nitrogens is 1. The number of fused-ring (bicyclic) bond motifs is 1. The second-order valence-corrected chi connectivity index (χ2v) is 5.31. The molecule has 3 N–H and O–H groups in total. The van der Waals surface area contributed by atoms with Crippen LogP contribution < -0.4 is 5.32 Å². The molecule has 0 saturated heterocycles. The van der Waals surface area contributed by atoms with Crippen LogP contribution in [0.2, 0.25) is 5.02 Å². The molecule has 0 aliphatic heterocycles. The number of anilines is 1. The molecule has 1 aromatic carbocycles. The largest absolute Gasteiger partial charge is 0.507 e. The van der Waals surface area contributed by atoms with Gasteiger partial charge in [0.15, 0.2) is 0 Å². The van der Waals surface area contributed by atoms with Crippen LogP contribution in [0.4, 0.5) is 5.82 Å². The fourth-order valence-corrected chi connectivity index (χ4v) is 2.53. The fraction of sp³-hybridized carbons (Fsp3) is 0.188. The number of aromatic nitrogens is 2. The van der Waals surface area contributed by atoms with Crippen molar-refractivity contribution in [1.82, 2.24) is 9.97 Å². The molecule has 22 heavy (non-hydrogen) atoms. The van der Waals surface area contributed by atoms with Crippen LogP contribution >= 0.6 is 11.6 Å². The van der Waals surface area contributed by atoms with E-state index in [1.807, 2.05) is 18.3 Å². The van der Waals surface area contributed by atoms with Crippen LogP contribution in [0.1, 0.15) is 0 Å². The lowest BCUT2D eigenvalue weighted by atomic mass is 10.0. The lowest BCUT2D eigenvalue weighted by molar-refractivity contribution is 0.210. The maximum atomic E-state index is 10.2. The zero-order valence-corrected chi connectivity index (χ0v) is 12.8. The Morgan fingerprint density at radius 1 is 1.27 bits per heavy atom. The monoisotopic (exact) mass is 317 g/mol. The van der Waals surface area contributed by atoms with Crippen LogP contribution in [0.15, 0.2) is 36.5 Å². The Labute approximate surface area is 132 Å². The smallest absolute Gasteiger partial charge is 0.140 e. The van der Waals surface area contributed by atoms with Gasteiger partial charge in [-0.05, 0) is 30.3 Å². The number of aromatic amines is 1. The van der Waals surface area contributed by atoms with Crippen molar-refractivity contribution in [2.75, 3.05) is 25.6 Å². The summed E-state index contributed by atoms with van der Waals surface area (Å²) in [7, 11) is 1.65. The van der Waals surface area contributed by atoms with Gasteiger partial charge in [0.25, 0.3) is 0 Å². The molecule has 114 valence electrons. The Morgan fingerprint density at radius 2 is 2.14 bits per heavy atom. The van der Waals surface area contributed by atoms with Crippen molar-refractivity contribution >= 4 is 28.5 Å². The summed E-state index contributed by atoms with van der Waals surface area (Å²) in [6, 6.07) is 8.83. The van der Waals surface area contributed by atoms with Gasteiger partial charge in [-0.25, -0.2) is 4.98 Å². The molecule has 3 aromatic rings. The Balaban J connectivity index is 2.10. The van der Waals surface area contributed by atoms with Gasteiger partial charge in [-0.15, -0.1) is 0 Å². The van der Waals surface area contributed by atoms with E-state index >= 15 is 0 Å². The predicted octanol–water partition coefficient (Wildman–Crippen LogP) is 3.65. The van der Waals surface area contributed by atoms with Gasteiger partial charge >= 0.3 is 0 Å². The molecule has 0 radical (unpaired) electrons. The third-order valence-corrected chi connectivity index (χ3v) is 3.62. The van der Waals surface area contributed by atoms with Gasteiger partial charge in [-0.1, -0.05) is 11.6 Å². The number of pyridine rings is 1. The number of nitrogens with zero attached hydrogens (tertiary/aromatic N) is 1. The summed E-state index contributed by atoms with van der Waals surface area (Å²) in [6.07, 6.45) is 1.82. The fourth-order valence-electron chi connectivity index (χ4n) is 2.36. The number of hydrogen-bond acceptors (Lipinski definition) is 4. The van der Waals surface area contributed by atoms with Gasteiger partial charge in [0.2, 0.25) is 0 Å². The summed E-state index contributed by atoms with van der Waals surface area (Å²) in [5, 5.41) is 14.9. The minimum atomic E-state index is 0.181. The molecule has 0 spiro atoms. The molecule has 6 heteroatoms. The molecule has 2 aromatic heterocycles. The average Bonchev–Trinajstić information content (AvgIpc) is 2.98. The lowest BCUT2D eigenvalue weighted by Gasteiger charge is -2.11. The molecule has 0 aliphatic rings. The zero-order valence-electron chi connectivity index (χ0n) is 12.1. The van der Waals surface area contributed by atoms with Crippen molar-refractivity contribution in [3.8, 4) is 16.9 Å². The first-order valence-corrected chi connectivity index (χ1v) is 7.26. The molecule has 0 saturated carbocycles. The minimum absolute atomic E-state index is 0.181. The summed E-state index contributed by atoms with van der Waals surface area (Å²) in [6.45, 7) is 1.23. The van der Waals surface area contributed by atoms with Crippen molar-refractivity contribution in [2.24, 2.45) is 0 Å². The van der Waals surface area contributed by atoms with E-state index in [-0.39, 0.29) is 5.75 Å². The van der Waals surface area contributed by atoms with Gasteiger partial charge in [0.05, 0.1) is 6.61 Å². The maximum Gasteiger partial charge on any atom is 0.140 e. The summed E-state index contributed by atoms with van der Waals surface area (Å²) < 4.78 is 5.03. The molecule has 0 bridgehead atoms. The van der Waals surface area contributed by atoms with Crippen LogP contribution in [0, 0.1) is 0 Å². The van der Waals surface area contributed by atoms with E-state index in [1.165, 1.54) is 0 Å². The van der Waals surface area contributed by atoms with Gasteiger partial charge in [0.1, 0.15) is 17.2 Å². The van der Waals surface area contributed by atoms with E-state index in [9.17, 15) is 5.11 Å². The average molecular weight is 318 g/mol. The normalized spacial score (nSPS) is 11.0. The Bertz CT molecular complexity index is 801. The second kappa shape index (κ2) is 6.25. The molecule has 0 amide bonds. The van der Waals surface area contributed by atoms with Crippen molar-refractivity contribution in [1.29, 1.82) is 0 Å². The minimum Gasteiger partial charge on any atom is -0.507 e. The third kappa shape index (κ3) is 2.86. The van der Waals surface area contributed by atoms with Gasteiger partial charge in [-0.3, -0.25) is 0 Å². The first-order valence-electron chi connectivity index (χ1n) is 6.89. The summed E-state index contributed by atoms with van der Waals surface area (Å²) in [5.74, 6) is 0.891. The number of ether oxygens (including phenoxy) is 1. The topological polar surface area (TPSA) is 70.2 Å². The number of hydrogen-bond donors (Lipinski definition) is 3. The van der Waals surface area contributed by atoms with E-state index in [0.717, 1.165) is 16.6 Å².